The molecule has 12 heavy (non-hydrogen) atoms. The van der Waals surface area contributed by atoms with Crippen LogP contribution in [0.1, 0.15) is 0 Å². The average Bonchev–Trinajstić information content (AvgIpc) is 2.12. The minimum Gasteiger partial charge on any atom is -0.268 e. The number of hydrogen-bond acceptors (Lipinski definition) is 2. The second-order valence-corrected chi connectivity index (χ2v) is 2.71. The Balaban J connectivity index is 3.01. The van der Waals surface area contributed by atoms with Gasteiger partial charge < -0.3 is 0 Å². The molecule has 0 unspecified atom stereocenters. The molecule has 0 amide bonds. The zero-order chi connectivity index (χ0) is 8.55. The molecule has 2 rings (SSSR count). The Kier molecular flexibility index (Phi) is 1.59. The molecule has 0 bridgehead atoms. The molecular formula is C8H5ClN2O. The molecule has 0 aliphatic heterocycles. The van der Waals surface area contributed by atoms with Gasteiger partial charge >= 0.3 is 0 Å². The first-order valence-corrected chi connectivity index (χ1v) is 3.76. The summed E-state index contributed by atoms with van der Waals surface area (Å²) in [6.45, 7) is 0. The van der Waals surface area contributed by atoms with E-state index >= 15 is 0 Å². The first-order chi connectivity index (χ1) is 5.79. The number of pyridine rings is 2. The molecule has 2 aromatic rings. The summed E-state index contributed by atoms with van der Waals surface area (Å²) in [7, 11) is 0. The number of hydrogen-bond donors (Lipinski definition) is 0. The zero-order valence-corrected chi connectivity index (χ0v) is 6.82. The van der Waals surface area contributed by atoms with Gasteiger partial charge in [0.15, 0.2) is 5.65 Å². The van der Waals surface area contributed by atoms with Crippen LogP contribution >= 0.6 is 11.8 Å². The van der Waals surface area contributed by atoms with E-state index < -0.39 is 0 Å². The van der Waals surface area contributed by atoms with Gasteiger partial charge in [0.2, 0.25) is 0 Å². The average molecular weight is 181 g/mol. The Hall–Kier alpha value is -1.35. The Morgan fingerprint density at radius 3 is 3.00 bits per heavy atom. The first-order valence-electron chi connectivity index (χ1n) is 3.42. The summed E-state index contributed by atoms with van der Waals surface area (Å²) < 4.78 is 1.01. The quantitative estimate of drug-likeness (QED) is 0.614. The molecule has 60 valence electrons. The molecule has 3 nitrogen and oxygen atoms in total. The molecule has 2 aromatic heterocycles. The predicted octanol–water partition coefficient (Wildman–Crippen LogP) is 1.40. The summed E-state index contributed by atoms with van der Waals surface area (Å²) >= 11 is 5.67. The van der Waals surface area contributed by atoms with E-state index in [0.29, 0.717) is 5.65 Å². The SMILES string of the molecule is O=c1ccc2cccnc2n1Cl. The maximum absolute atomic E-state index is 11.0. The highest BCUT2D eigenvalue weighted by molar-refractivity contribution is 6.18. The minimum atomic E-state index is -0.261. The minimum absolute atomic E-state index is 0.261. The van der Waals surface area contributed by atoms with Crippen molar-refractivity contribution < 1.29 is 0 Å². The van der Waals surface area contributed by atoms with Gasteiger partial charge in [-0.15, -0.1) is 0 Å². The highest BCUT2D eigenvalue weighted by Crippen LogP contribution is 2.07. The van der Waals surface area contributed by atoms with Crippen molar-refractivity contribution >= 4 is 22.8 Å². The van der Waals surface area contributed by atoms with Crippen molar-refractivity contribution in [2.75, 3.05) is 0 Å². The Bertz CT molecular complexity index is 478. The fourth-order valence-corrected chi connectivity index (χ4v) is 1.23. The van der Waals surface area contributed by atoms with Crippen LogP contribution in [0.25, 0.3) is 11.0 Å². The van der Waals surface area contributed by atoms with E-state index in [0.717, 1.165) is 9.47 Å². The Morgan fingerprint density at radius 1 is 1.33 bits per heavy atom. The van der Waals surface area contributed by atoms with Crippen molar-refractivity contribution in [1.29, 1.82) is 0 Å². The number of halogens is 1. The van der Waals surface area contributed by atoms with Gasteiger partial charge in [0.25, 0.3) is 5.56 Å². The van der Waals surface area contributed by atoms with Crippen LogP contribution in [0.3, 0.4) is 0 Å². The van der Waals surface area contributed by atoms with Gasteiger partial charge in [-0.3, -0.25) is 4.79 Å². The standard InChI is InChI=1S/C8H5ClN2O/c9-11-7(12)4-3-6-2-1-5-10-8(6)11/h1-5H. The van der Waals surface area contributed by atoms with Crippen LogP contribution in [0, 0.1) is 0 Å². The predicted molar refractivity (Wildman–Crippen MR) is 47.3 cm³/mol. The van der Waals surface area contributed by atoms with Gasteiger partial charge in [-0.2, -0.15) is 4.09 Å². The molecule has 0 saturated carbocycles. The van der Waals surface area contributed by atoms with Gasteiger partial charge in [-0.25, -0.2) is 4.98 Å². The van der Waals surface area contributed by atoms with Crippen LogP contribution in [0.4, 0.5) is 0 Å². The molecule has 0 N–H and O–H groups in total. The highest BCUT2D eigenvalue weighted by Gasteiger charge is 1.98. The van der Waals surface area contributed by atoms with E-state index in [1.165, 1.54) is 6.07 Å². The van der Waals surface area contributed by atoms with Gasteiger partial charge in [-0.05, 0) is 18.2 Å². The second-order valence-electron chi connectivity index (χ2n) is 2.37. The monoisotopic (exact) mass is 180 g/mol. The van der Waals surface area contributed by atoms with Gasteiger partial charge in [0, 0.05) is 29.4 Å². The second kappa shape index (κ2) is 2.60. The fraction of sp³-hybridized carbons (Fsp3) is 0. The lowest BCUT2D eigenvalue weighted by atomic mass is 10.3. The summed E-state index contributed by atoms with van der Waals surface area (Å²) in [5.74, 6) is 0. The smallest absolute Gasteiger partial charge is 0.266 e. The normalized spacial score (nSPS) is 10.4. The lowest BCUT2D eigenvalue weighted by Crippen LogP contribution is -2.11. The van der Waals surface area contributed by atoms with Crippen molar-refractivity contribution in [2.24, 2.45) is 0 Å². The van der Waals surface area contributed by atoms with Crippen molar-refractivity contribution in [2.45, 2.75) is 0 Å². The largest absolute Gasteiger partial charge is 0.268 e. The first kappa shape index (κ1) is 7.31. The molecule has 0 saturated heterocycles. The number of fused-ring (bicyclic) bond motifs is 1. The molecule has 0 aliphatic carbocycles. The molecular weight excluding hydrogens is 176 g/mol. The maximum Gasteiger partial charge on any atom is 0.266 e. The van der Waals surface area contributed by atoms with Gasteiger partial charge in [0.1, 0.15) is 0 Å². The number of aromatic nitrogens is 2. The molecule has 2 heterocycles. The molecule has 0 fully saturated rings. The van der Waals surface area contributed by atoms with E-state index in [1.54, 1.807) is 18.3 Å². The fourth-order valence-electron chi connectivity index (χ4n) is 1.03. The Labute approximate surface area is 73.3 Å². The van der Waals surface area contributed by atoms with E-state index in [-0.39, 0.29) is 5.56 Å². The maximum atomic E-state index is 11.0. The summed E-state index contributed by atoms with van der Waals surface area (Å²) in [5.41, 5.74) is 0.231. The van der Waals surface area contributed by atoms with Crippen LogP contribution in [0.2, 0.25) is 0 Å². The lowest BCUT2D eigenvalue weighted by Gasteiger charge is -1.98. The topological polar surface area (TPSA) is 34.9 Å². The van der Waals surface area contributed by atoms with Crippen LogP contribution in [0.15, 0.2) is 35.3 Å². The third-order valence-electron chi connectivity index (χ3n) is 1.60. The van der Waals surface area contributed by atoms with Crippen molar-refractivity contribution in [1.82, 2.24) is 9.07 Å². The third-order valence-corrected chi connectivity index (χ3v) is 1.93. The summed E-state index contributed by atoms with van der Waals surface area (Å²) in [4.78, 5) is 15.0. The van der Waals surface area contributed by atoms with Crippen molar-refractivity contribution in [3.05, 3.63) is 40.8 Å². The van der Waals surface area contributed by atoms with E-state index in [1.807, 2.05) is 6.07 Å². The lowest BCUT2D eigenvalue weighted by molar-refractivity contribution is 1.14. The van der Waals surface area contributed by atoms with Crippen molar-refractivity contribution in [3.63, 3.8) is 0 Å². The van der Waals surface area contributed by atoms with E-state index in [9.17, 15) is 4.79 Å². The summed E-state index contributed by atoms with van der Waals surface area (Å²) in [5, 5.41) is 0.854. The summed E-state index contributed by atoms with van der Waals surface area (Å²) in [6, 6.07) is 6.75. The van der Waals surface area contributed by atoms with Crippen LogP contribution in [-0.2, 0) is 0 Å². The van der Waals surface area contributed by atoms with Crippen LogP contribution in [0.5, 0.6) is 0 Å². The highest BCUT2D eigenvalue weighted by atomic mass is 35.5. The van der Waals surface area contributed by atoms with Crippen LogP contribution in [-0.4, -0.2) is 9.07 Å². The van der Waals surface area contributed by atoms with Crippen molar-refractivity contribution in [3.8, 4) is 0 Å². The summed E-state index contributed by atoms with van der Waals surface area (Å²) in [6.07, 6.45) is 1.60. The number of nitrogens with zero attached hydrogens (tertiary/aromatic N) is 2. The molecule has 0 atom stereocenters. The molecule has 4 heteroatoms. The van der Waals surface area contributed by atoms with E-state index in [2.05, 4.69) is 4.98 Å². The molecule has 0 aromatic carbocycles. The van der Waals surface area contributed by atoms with E-state index in [4.69, 9.17) is 11.8 Å². The molecule has 0 radical (unpaired) electrons. The third kappa shape index (κ3) is 0.987. The molecule has 0 spiro atoms. The van der Waals surface area contributed by atoms with Gasteiger partial charge in [0.05, 0.1) is 0 Å². The Morgan fingerprint density at radius 2 is 2.17 bits per heavy atom. The molecule has 0 aliphatic rings. The van der Waals surface area contributed by atoms with Gasteiger partial charge in [-0.1, -0.05) is 0 Å². The van der Waals surface area contributed by atoms with Crippen LogP contribution < -0.4 is 5.56 Å². The number of rotatable bonds is 0. The zero-order valence-electron chi connectivity index (χ0n) is 6.07.